The Bertz CT molecular complexity index is 525. The van der Waals surface area contributed by atoms with Gasteiger partial charge in [0.1, 0.15) is 12.8 Å². The number of carbonyl (C=O) groups excluding carboxylic acids is 1. The fourth-order valence-corrected chi connectivity index (χ4v) is 2.50. The lowest BCUT2D eigenvalue weighted by molar-refractivity contribution is -0.156. The molecule has 3 N–H and O–H groups in total. The lowest BCUT2D eigenvalue weighted by Crippen LogP contribution is -2.58. The molecule has 1 aliphatic heterocycles. The lowest BCUT2D eigenvalue weighted by atomic mass is 9.96. The van der Waals surface area contributed by atoms with Gasteiger partial charge in [-0.1, -0.05) is 30.3 Å². The first kappa shape index (κ1) is 15.2. The average Bonchev–Trinajstić information content (AvgIpc) is 2.84. The Morgan fingerprint density at radius 3 is 2.67 bits per heavy atom. The predicted molar refractivity (Wildman–Crippen MR) is 72.3 cm³/mol. The third-order valence-electron chi connectivity index (χ3n) is 3.62. The van der Waals surface area contributed by atoms with Gasteiger partial charge in [-0.05, 0) is 5.56 Å². The van der Waals surface area contributed by atoms with Crippen molar-refractivity contribution in [3.8, 4) is 0 Å². The fraction of sp³-hybridized carbons (Fsp3) is 0.429. The van der Waals surface area contributed by atoms with Crippen LogP contribution in [0.4, 0.5) is 9.18 Å². The van der Waals surface area contributed by atoms with Crippen LogP contribution >= 0.6 is 0 Å². The van der Waals surface area contributed by atoms with Crippen molar-refractivity contribution in [3.63, 3.8) is 0 Å². The van der Waals surface area contributed by atoms with Crippen molar-refractivity contribution < 1.29 is 23.8 Å². The Morgan fingerprint density at radius 1 is 1.43 bits per heavy atom. The number of ether oxygens (including phenoxy) is 1. The molecule has 114 valence electrons. The van der Waals surface area contributed by atoms with Crippen molar-refractivity contribution >= 4 is 12.1 Å². The molecule has 1 saturated heterocycles. The summed E-state index contributed by atoms with van der Waals surface area (Å²) in [5, 5.41) is 9.13. The van der Waals surface area contributed by atoms with Gasteiger partial charge in [0.2, 0.25) is 0 Å². The number of hydrogen-bond donors (Lipinski definition) is 2. The number of carboxylic acid groups (broad SMARTS) is 1. The van der Waals surface area contributed by atoms with Crippen molar-refractivity contribution in [2.75, 3.05) is 13.1 Å². The zero-order chi connectivity index (χ0) is 15.5. The summed E-state index contributed by atoms with van der Waals surface area (Å²) in [5.74, 6) is -0.809. The van der Waals surface area contributed by atoms with Gasteiger partial charge in [-0.3, -0.25) is 4.90 Å². The number of nitrogens with zero attached hydrogens (tertiary/aromatic N) is 1. The first-order valence-electron chi connectivity index (χ1n) is 6.55. The maximum atomic E-state index is 13.6. The zero-order valence-corrected chi connectivity index (χ0v) is 11.4. The molecular formula is C14H17FN2O4. The molecule has 0 aromatic heterocycles. The van der Waals surface area contributed by atoms with Crippen LogP contribution in [-0.2, 0) is 16.1 Å². The van der Waals surface area contributed by atoms with Crippen LogP contribution in [0.2, 0.25) is 0 Å². The van der Waals surface area contributed by atoms with Gasteiger partial charge in [-0.25, -0.2) is 14.0 Å². The number of carbonyl (C=O) groups is 2. The van der Waals surface area contributed by atoms with Gasteiger partial charge < -0.3 is 15.6 Å². The van der Waals surface area contributed by atoms with Gasteiger partial charge in [-0.15, -0.1) is 0 Å². The second kappa shape index (κ2) is 6.09. The zero-order valence-electron chi connectivity index (χ0n) is 11.4. The lowest BCUT2D eigenvalue weighted by Gasteiger charge is -2.32. The van der Waals surface area contributed by atoms with Crippen molar-refractivity contribution in [3.05, 3.63) is 35.9 Å². The highest BCUT2D eigenvalue weighted by molar-refractivity contribution is 5.86. The molecule has 0 saturated carbocycles. The molecule has 2 rings (SSSR count). The van der Waals surface area contributed by atoms with Gasteiger partial charge in [0, 0.05) is 13.0 Å². The Morgan fingerprint density at radius 2 is 2.10 bits per heavy atom. The summed E-state index contributed by atoms with van der Waals surface area (Å²) in [6, 6.07) is 8.94. The molecule has 1 heterocycles. The highest BCUT2D eigenvalue weighted by Gasteiger charge is 2.54. The maximum Gasteiger partial charge on any atom is 0.408 e. The Hall–Kier alpha value is -2.15. The molecule has 0 aliphatic carbocycles. The second-order valence-electron chi connectivity index (χ2n) is 4.99. The van der Waals surface area contributed by atoms with E-state index in [0.717, 1.165) is 10.5 Å². The van der Waals surface area contributed by atoms with E-state index in [1.54, 1.807) is 24.3 Å². The number of likely N-dealkylation sites (tertiary alicyclic amines) is 1. The summed E-state index contributed by atoms with van der Waals surface area (Å²) in [6.07, 6.45) is -3.07. The maximum absolute atomic E-state index is 13.6. The van der Waals surface area contributed by atoms with Gasteiger partial charge in [0.05, 0.1) is 6.54 Å². The first-order valence-corrected chi connectivity index (χ1v) is 6.55. The molecule has 1 fully saturated rings. The van der Waals surface area contributed by atoms with Gasteiger partial charge >= 0.3 is 12.1 Å². The fourth-order valence-electron chi connectivity index (χ4n) is 2.50. The third kappa shape index (κ3) is 2.97. The summed E-state index contributed by atoms with van der Waals surface area (Å²) in [4.78, 5) is 24.2. The van der Waals surface area contributed by atoms with E-state index >= 15 is 0 Å². The first-order chi connectivity index (χ1) is 9.99. The minimum atomic E-state index is -1.64. The molecule has 0 bridgehead atoms. The SMILES string of the molecule is NC[C@]1(C(=O)OCc2ccccc2)CC(F)CN1C(=O)O. The monoisotopic (exact) mass is 296 g/mol. The Kier molecular flexibility index (Phi) is 4.42. The summed E-state index contributed by atoms with van der Waals surface area (Å²) in [7, 11) is 0. The normalized spacial score (nSPS) is 24.9. The van der Waals surface area contributed by atoms with Crippen LogP contribution in [0.3, 0.4) is 0 Å². The van der Waals surface area contributed by atoms with E-state index in [1.807, 2.05) is 6.07 Å². The van der Waals surface area contributed by atoms with Crippen LogP contribution in [-0.4, -0.2) is 46.9 Å². The minimum absolute atomic E-state index is 0.00810. The summed E-state index contributed by atoms with van der Waals surface area (Å²) < 4.78 is 18.7. The molecular weight excluding hydrogens is 279 g/mol. The molecule has 1 aromatic carbocycles. The standard InChI is InChI=1S/C14H17FN2O4/c15-11-6-14(9-16,17(7-11)13(19)20)12(18)21-8-10-4-2-1-3-5-10/h1-5,11H,6-9,16H2,(H,19,20)/t11?,14-/m0/s1. The van der Waals surface area contributed by atoms with Crippen LogP contribution in [0.1, 0.15) is 12.0 Å². The average molecular weight is 296 g/mol. The second-order valence-corrected chi connectivity index (χ2v) is 4.99. The minimum Gasteiger partial charge on any atom is -0.465 e. The van der Waals surface area contributed by atoms with Crippen LogP contribution < -0.4 is 5.73 Å². The van der Waals surface area contributed by atoms with Crippen LogP contribution in [0.5, 0.6) is 0 Å². The molecule has 1 aromatic rings. The largest absolute Gasteiger partial charge is 0.465 e. The molecule has 0 spiro atoms. The molecule has 1 aliphatic rings. The summed E-state index contributed by atoms with van der Waals surface area (Å²) in [6.45, 7) is -0.688. The van der Waals surface area contributed by atoms with Gasteiger partial charge in [0.15, 0.2) is 5.54 Å². The topological polar surface area (TPSA) is 92.9 Å². The van der Waals surface area contributed by atoms with E-state index in [1.165, 1.54) is 0 Å². The molecule has 7 heteroatoms. The van der Waals surface area contributed by atoms with Crippen LogP contribution in [0.15, 0.2) is 30.3 Å². The molecule has 2 atom stereocenters. The van der Waals surface area contributed by atoms with Crippen molar-refractivity contribution in [1.82, 2.24) is 4.90 Å². The number of esters is 1. The third-order valence-corrected chi connectivity index (χ3v) is 3.62. The molecule has 0 radical (unpaired) electrons. The van der Waals surface area contributed by atoms with Gasteiger partial charge in [-0.2, -0.15) is 0 Å². The van der Waals surface area contributed by atoms with E-state index in [2.05, 4.69) is 0 Å². The molecule has 21 heavy (non-hydrogen) atoms. The number of hydrogen-bond acceptors (Lipinski definition) is 4. The molecule has 1 unspecified atom stereocenters. The van der Waals surface area contributed by atoms with E-state index in [-0.39, 0.29) is 26.1 Å². The number of amides is 1. The Labute approximate surface area is 121 Å². The quantitative estimate of drug-likeness (QED) is 0.813. The van der Waals surface area contributed by atoms with Crippen molar-refractivity contribution in [2.45, 2.75) is 24.7 Å². The predicted octanol–water partition coefficient (Wildman–Crippen LogP) is 1.15. The van der Waals surface area contributed by atoms with Crippen LogP contribution in [0.25, 0.3) is 0 Å². The number of rotatable bonds is 4. The Balaban J connectivity index is 2.12. The molecule has 1 amide bonds. The van der Waals surface area contributed by atoms with Crippen molar-refractivity contribution in [1.29, 1.82) is 0 Å². The van der Waals surface area contributed by atoms with Crippen LogP contribution in [0, 0.1) is 0 Å². The smallest absolute Gasteiger partial charge is 0.408 e. The van der Waals surface area contributed by atoms with E-state index < -0.39 is 23.8 Å². The highest BCUT2D eigenvalue weighted by atomic mass is 19.1. The summed E-state index contributed by atoms with van der Waals surface area (Å²) >= 11 is 0. The van der Waals surface area contributed by atoms with Gasteiger partial charge in [0.25, 0.3) is 0 Å². The number of alkyl halides is 1. The van der Waals surface area contributed by atoms with E-state index in [4.69, 9.17) is 15.6 Å². The number of benzene rings is 1. The number of halogens is 1. The number of nitrogens with two attached hydrogens (primary N) is 1. The van der Waals surface area contributed by atoms with E-state index in [9.17, 15) is 14.0 Å². The van der Waals surface area contributed by atoms with Crippen molar-refractivity contribution in [2.24, 2.45) is 5.73 Å². The summed E-state index contributed by atoms with van der Waals surface area (Å²) in [5.41, 5.74) is 4.68. The highest BCUT2D eigenvalue weighted by Crippen LogP contribution is 2.32. The molecule has 6 nitrogen and oxygen atoms in total. The van der Waals surface area contributed by atoms with E-state index in [0.29, 0.717) is 0 Å².